The van der Waals surface area contributed by atoms with E-state index in [-0.39, 0.29) is 42.4 Å². The third-order valence-corrected chi connectivity index (χ3v) is 17.1. The van der Waals surface area contributed by atoms with Gasteiger partial charge in [0.05, 0.1) is 48.0 Å². The summed E-state index contributed by atoms with van der Waals surface area (Å²) >= 11 is 0. The smallest absolute Gasteiger partial charge is 0.311 e. The molecule has 2 N–H and O–H groups in total. The Bertz CT molecular complexity index is 1620. The summed E-state index contributed by atoms with van der Waals surface area (Å²) in [5.74, 6) is -2.80. The molecule has 5 fully saturated rings. The standard InChI is InChI=1S/C53H99N5O12/c1-17-42-53(12)40(30-43(59)70-53)38(8)55(15)33-34(4)31-51(10,62)47(69-50-45(60)41(54(13)14)29-35(5)65-50)36(6)46(37(7)49(61)67-42)68-44-32-52(11,63-16)48(39(9)66-44)64-28-20-21-57-24-26-58(27-25-57)23-22-56(18-2)19-3/h34-42,44-48,50,60,62H,17-33H2,1-16H3/t34-,35-,36+,37-,38-,39+,40-,41+,42-,44+,45-,46+,47-,48+,50+,51-,52-,53+/m1/s1. The number of hydrogen-bond donors (Lipinski definition) is 2. The van der Waals surface area contributed by atoms with Crippen LogP contribution in [0.3, 0.4) is 0 Å². The van der Waals surface area contributed by atoms with Gasteiger partial charge in [0.1, 0.15) is 18.3 Å². The molecule has 5 saturated heterocycles. The molecule has 0 aromatic heterocycles. The highest BCUT2D eigenvalue weighted by atomic mass is 16.7. The quantitative estimate of drug-likeness (QED) is 0.155. The number of rotatable bonds is 17. The average Bonchev–Trinajstić information content (AvgIpc) is 3.62. The van der Waals surface area contributed by atoms with Crippen molar-refractivity contribution in [3.8, 4) is 0 Å². The summed E-state index contributed by atoms with van der Waals surface area (Å²) in [4.78, 5) is 39.7. The molecule has 17 nitrogen and oxygen atoms in total. The predicted molar refractivity (Wildman–Crippen MR) is 269 cm³/mol. The molecule has 18 atom stereocenters. The molecule has 17 heteroatoms. The maximum atomic E-state index is 14.8. The maximum absolute atomic E-state index is 14.8. The number of cyclic esters (lactones) is 1. The van der Waals surface area contributed by atoms with Gasteiger partial charge in [-0.2, -0.15) is 0 Å². The van der Waals surface area contributed by atoms with Gasteiger partial charge in [-0.05, 0) is 114 Å². The fourth-order valence-electron chi connectivity index (χ4n) is 12.7. The number of carbonyl (C=O) groups is 2. The first-order valence-corrected chi connectivity index (χ1v) is 27.1. The number of hydrogen-bond acceptors (Lipinski definition) is 17. The van der Waals surface area contributed by atoms with Crippen molar-refractivity contribution in [2.45, 2.75) is 206 Å². The summed E-state index contributed by atoms with van der Waals surface area (Å²) in [6.45, 7) is 34.6. The molecule has 0 aliphatic carbocycles. The van der Waals surface area contributed by atoms with Gasteiger partial charge < -0.3 is 67.7 Å². The van der Waals surface area contributed by atoms with Crippen LogP contribution in [0.5, 0.6) is 0 Å². The molecule has 0 saturated carbocycles. The Kier molecular flexibility index (Phi) is 21.8. The molecule has 5 rings (SSSR count). The molecule has 0 aromatic rings. The van der Waals surface area contributed by atoms with Crippen LogP contribution in [0.2, 0.25) is 0 Å². The SMILES string of the molecule is CC[C@H]1OC(=O)[C@H](C)[C@@H](O[C@H]2C[C@@](C)(OC)[C@@H](OCCCN3CCN(CCN(CC)CC)CC3)[C@H](C)O2)[C@H](C)[C@@H](O[C@@H]2O[C@H](C)C[C@H](N(C)C)[C@H]2O)[C@](C)(O)C[C@@H](C)CN(C)[C@H](C)[C@H]2CC(=O)O[C@@]21C. The largest absolute Gasteiger partial charge is 0.458 e. The molecule has 408 valence electrons. The van der Waals surface area contributed by atoms with E-state index in [1.54, 1.807) is 21.0 Å². The number of fused-ring (bicyclic) bond motifs is 1. The van der Waals surface area contributed by atoms with Crippen LogP contribution in [0.15, 0.2) is 0 Å². The second-order valence-electron chi connectivity index (χ2n) is 22.9. The number of nitrogens with zero attached hydrogens (tertiary/aromatic N) is 5. The van der Waals surface area contributed by atoms with E-state index in [0.29, 0.717) is 38.8 Å². The van der Waals surface area contributed by atoms with E-state index >= 15 is 0 Å². The van der Waals surface area contributed by atoms with Crippen molar-refractivity contribution in [2.24, 2.45) is 23.7 Å². The zero-order chi connectivity index (χ0) is 51.9. The maximum Gasteiger partial charge on any atom is 0.311 e. The lowest BCUT2D eigenvalue weighted by atomic mass is 9.77. The Hall–Kier alpha value is -1.58. The van der Waals surface area contributed by atoms with E-state index < -0.39 is 83.8 Å². The Morgan fingerprint density at radius 2 is 1.51 bits per heavy atom. The number of ether oxygens (including phenoxy) is 8. The molecule has 0 radical (unpaired) electrons. The Labute approximate surface area is 422 Å². The normalized spacial score (nSPS) is 42.6. The number of aliphatic hydroxyl groups excluding tert-OH is 1. The van der Waals surface area contributed by atoms with E-state index in [1.165, 1.54) is 0 Å². The third kappa shape index (κ3) is 14.4. The lowest BCUT2D eigenvalue weighted by Gasteiger charge is -2.49. The van der Waals surface area contributed by atoms with Gasteiger partial charge in [-0.1, -0.05) is 34.6 Å². The lowest BCUT2D eigenvalue weighted by Crippen LogP contribution is -2.61. The monoisotopic (exact) mass is 998 g/mol. The first-order valence-electron chi connectivity index (χ1n) is 27.1. The first kappa shape index (κ1) is 59.3. The first-order chi connectivity index (χ1) is 32.9. The molecule has 0 amide bonds. The second kappa shape index (κ2) is 25.8. The predicted octanol–water partition coefficient (Wildman–Crippen LogP) is 4.48. The minimum Gasteiger partial charge on any atom is -0.458 e. The molecular weight excluding hydrogens is 899 g/mol. The minimum absolute atomic E-state index is 0.0582. The van der Waals surface area contributed by atoms with Crippen molar-refractivity contribution in [1.29, 1.82) is 0 Å². The molecule has 0 spiro atoms. The van der Waals surface area contributed by atoms with Gasteiger partial charge in [0.15, 0.2) is 18.2 Å². The van der Waals surface area contributed by atoms with Crippen molar-refractivity contribution in [2.75, 3.05) is 100 Å². The van der Waals surface area contributed by atoms with Gasteiger partial charge in [-0.15, -0.1) is 0 Å². The molecule has 0 bridgehead atoms. The van der Waals surface area contributed by atoms with Gasteiger partial charge in [0.2, 0.25) is 0 Å². The Balaban J connectivity index is 1.40. The summed E-state index contributed by atoms with van der Waals surface area (Å²) in [6.07, 6.45) is -4.04. The van der Waals surface area contributed by atoms with Crippen molar-refractivity contribution < 1.29 is 57.7 Å². The Morgan fingerprint density at radius 1 is 0.871 bits per heavy atom. The van der Waals surface area contributed by atoms with Gasteiger partial charge >= 0.3 is 11.9 Å². The zero-order valence-corrected chi connectivity index (χ0v) is 46.4. The molecule has 5 heterocycles. The molecule has 0 aromatic carbocycles. The van der Waals surface area contributed by atoms with Gasteiger partial charge in [0, 0.05) is 96.4 Å². The van der Waals surface area contributed by atoms with Crippen LogP contribution in [0, 0.1) is 23.7 Å². The van der Waals surface area contributed by atoms with E-state index in [9.17, 15) is 19.8 Å². The van der Waals surface area contributed by atoms with Crippen molar-refractivity contribution in [3.05, 3.63) is 0 Å². The highest BCUT2D eigenvalue weighted by Crippen LogP contribution is 2.44. The summed E-state index contributed by atoms with van der Waals surface area (Å²) in [7, 11) is 7.56. The van der Waals surface area contributed by atoms with Crippen LogP contribution < -0.4 is 0 Å². The highest BCUT2D eigenvalue weighted by molar-refractivity contribution is 5.75. The van der Waals surface area contributed by atoms with Crippen molar-refractivity contribution in [1.82, 2.24) is 24.5 Å². The van der Waals surface area contributed by atoms with Crippen LogP contribution in [0.4, 0.5) is 0 Å². The summed E-state index contributed by atoms with van der Waals surface area (Å²) in [6, 6.07) is -0.381. The fourth-order valence-corrected chi connectivity index (χ4v) is 12.7. The molecule has 0 unspecified atom stereocenters. The van der Waals surface area contributed by atoms with Crippen LogP contribution in [0.1, 0.15) is 122 Å². The van der Waals surface area contributed by atoms with Crippen LogP contribution in [-0.2, 0) is 47.5 Å². The average molecular weight is 998 g/mol. The fraction of sp³-hybridized carbons (Fsp3) is 0.962. The number of esters is 2. The van der Waals surface area contributed by atoms with Gasteiger partial charge in [-0.3, -0.25) is 14.5 Å². The van der Waals surface area contributed by atoms with Crippen molar-refractivity contribution in [3.63, 3.8) is 0 Å². The zero-order valence-electron chi connectivity index (χ0n) is 46.4. The number of likely N-dealkylation sites (N-methyl/N-ethyl adjacent to an activating group) is 2. The lowest BCUT2D eigenvalue weighted by molar-refractivity contribution is -0.320. The number of carbonyl (C=O) groups excluding carboxylic acids is 2. The number of piperazine rings is 1. The van der Waals surface area contributed by atoms with Crippen LogP contribution >= 0.6 is 0 Å². The molecular formula is C53H99N5O12. The number of methoxy groups -OCH3 is 1. The molecule has 5 aliphatic heterocycles. The summed E-state index contributed by atoms with van der Waals surface area (Å²) in [5.41, 5.74) is -3.41. The number of aliphatic hydroxyl groups is 2. The van der Waals surface area contributed by atoms with E-state index in [4.69, 9.17) is 37.9 Å². The molecule has 5 aliphatic rings. The van der Waals surface area contributed by atoms with E-state index in [1.807, 2.05) is 67.6 Å². The van der Waals surface area contributed by atoms with Gasteiger partial charge in [0.25, 0.3) is 0 Å². The molecule has 70 heavy (non-hydrogen) atoms. The second-order valence-corrected chi connectivity index (χ2v) is 22.9. The van der Waals surface area contributed by atoms with Crippen LogP contribution in [-0.4, -0.2) is 231 Å². The van der Waals surface area contributed by atoms with Crippen LogP contribution in [0.25, 0.3) is 0 Å². The van der Waals surface area contributed by atoms with E-state index in [0.717, 1.165) is 65.3 Å². The third-order valence-electron chi connectivity index (χ3n) is 17.1. The summed E-state index contributed by atoms with van der Waals surface area (Å²) < 4.78 is 52.6. The van der Waals surface area contributed by atoms with E-state index in [2.05, 4.69) is 47.3 Å². The topological polar surface area (TPSA) is 165 Å². The summed E-state index contributed by atoms with van der Waals surface area (Å²) in [5, 5.41) is 24.7. The highest BCUT2D eigenvalue weighted by Gasteiger charge is 2.57. The Morgan fingerprint density at radius 3 is 2.11 bits per heavy atom. The van der Waals surface area contributed by atoms with Gasteiger partial charge in [-0.25, -0.2) is 0 Å². The van der Waals surface area contributed by atoms with Crippen molar-refractivity contribution >= 4 is 11.9 Å². The minimum atomic E-state index is -1.52.